The first-order chi connectivity index (χ1) is 7.78. The summed E-state index contributed by atoms with van der Waals surface area (Å²) in [4.78, 5) is 4.31. The lowest BCUT2D eigenvalue weighted by Gasteiger charge is -2.04. The molecule has 1 N–H and O–H groups in total. The van der Waals surface area contributed by atoms with E-state index < -0.39 is 0 Å². The molecule has 2 heterocycles. The van der Waals surface area contributed by atoms with Crippen LogP contribution in [0, 0.1) is 0 Å². The molecule has 0 fully saturated rings. The molecule has 0 bridgehead atoms. The summed E-state index contributed by atoms with van der Waals surface area (Å²) in [7, 11) is 2.03. The topological polar surface area (TPSA) is 29.9 Å². The second-order valence-corrected chi connectivity index (χ2v) is 4.45. The first-order valence-corrected chi connectivity index (χ1v) is 6.35. The summed E-state index contributed by atoms with van der Waals surface area (Å²) in [6.45, 7) is 0.834. The van der Waals surface area contributed by atoms with E-state index in [-0.39, 0.29) is 0 Å². The van der Waals surface area contributed by atoms with E-state index >= 15 is 0 Å². The van der Waals surface area contributed by atoms with Crippen LogP contribution in [0.25, 0.3) is 0 Å². The molecule has 2 rings (SSSR count). The number of nitrogens with one attached hydrogen (secondary N) is 1. The quantitative estimate of drug-likeness (QED) is 0.824. The van der Waals surface area contributed by atoms with Crippen molar-refractivity contribution in [2.45, 2.75) is 11.6 Å². The minimum absolute atomic E-state index is 0.834. The molecular weight excluding hydrogens is 218 g/mol. The average molecular weight is 233 g/mol. The summed E-state index contributed by atoms with van der Waals surface area (Å²) < 4.78 is 2.05. The minimum Gasteiger partial charge on any atom is -0.380 e. The number of pyridine rings is 1. The van der Waals surface area contributed by atoms with Gasteiger partial charge in [0.15, 0.2) is 0 Å². The molecule has 0 aliphatic heterocycles. The first-order valence-electron chi connectivity index (χ1n) is 5.12. The highest BCUT2D eigenvalue weighted by atomic mass is 32.2. The number of thioether (sulfide) groups is 1. The lowest BCUT2D eigenvalue weighted by Crippen LogP contribution is -1.98. The Labute approximate surface area is 99.9 Å². The Balaban J connectivity index is 1.94. The first kappa shape index (κ1) is 11.1. The largest absolute Gasteiger partial charge is 0.380 e. The lowest BCUT2D eigenvalue weighted by atomic mass is 10.3. The number of anilines is 1. The summed E-state index contributed by atoms with van der Waals surface area (Å²) in [6.07, 6.45) is 8.05. The standard InChI is InChI=1S/C12H15N3S/c1-15-6-5-10(9-15)7-13-11-3-4-12(16-2)14-8-11/h3-6,8-9,13H,7H2,1-2H3. The molecule has 0 amide bonds. The van der Waals surface area contributed by atoms with Gasteiger partial charge in [-0.3, -0.25) is 0 Å². The van der Waals surface area contributed by atoms with Crippen molar-refractivity contribution in [3.05, 3.63) is 42.4 Å². The molecule has 0 saturated carbocycles. The molecular formula is C12H15N3S. The van der Waals surface area contributed by atoms with Crippen LogP contribution in [0.5, 0.6) is 0 Å². The molecule has 84 valence electrons. The van der Waals surface area contributed by atoms with Gasteiger partial charge in [0, 0.05) is 26.0 Å². The summed E-state index contributed by atoms with van der Waals surface area (Å²) in [6, 6.07) is 6.19. The van der Waals surface area contributed by atoms with E-state index in [9.17, 15) is 0 Å². The molecule has 0 saturated heterocycles. The Morgan fingerprint density at radius 3 is 2.81 bits per heavy atom. The van der Waals surface area contributed by atoms with Crippen molar-refractivity contribution in [3.8, 4) is 0 Å². The van der Waals surface area contributed by atoms with Crippen LogP contribution in [0.15, 0.2) is 41.8 Å². The van der Waals surface area contributed by atoms with E-state index in [0.717, 1.165) is 17.3 Å². The van der Waals surface area contributed by atoms with Crippen molar-refractivity contribution in [3.63, 3.8) is 0 Å². The third-order valence-corrected chi connectivity index (χ3v) is 3.00. The SMILES string of the molecule is CSc1ccc(NCc2ccn(C)c2)cn1. The number of nitrogens with zero attached hydrogens (tertiary/aromatic N) is 2. The van der Waals surface area contributed by atoms with E-state index in [4.69, 9.17) is 0 Å². The predicted molar refractivity (Wildman–Crippen MR) is 68.8 cm³/mol. The summed E-state index contributed by atoms with van der Waals surface area (Å²) >= 11 is 1.65. The van der Waals surface area contributed by atoms with Gasteiger partial charge in [-0.15, -0.1) is 11.8 Å². The second-order valence-electron chi connectivity index (χ2n) is 3.63. The zero-order valence-corrected chi connectivity index (χ0v) is 10.3. The molecule has 3 nitrogen and oxygen atoms in total. The Kier molecular flexibility index (Phi) is 3.51. The van der Waals surface area contributed by atoms with Crippen molar-refractivity contribution >= 4 is 17.4 Å². The third-order valence-electron chi connectivity index (χ3n) is 2.34. The van der Waals surface area contributed by atoms with E-state index in [1.807, 2.05) is 36.3 Å². The molecule has 0 unspecified atom stereocenters. The monoisotopic (exact) mass is 233 g/mol. The summed E-state index contributed by atoms with van der Waals surface area (Å²) in [5, 5.41) is 4.39. The minimum atomic E-state index is 0.834. The van der Waals surface area contributed by atoms with Crippen LogP contribution in [0.4, 0.5) is 5.69 Å². The average Bonchev–Trinajstić information content (AvgIpc) is 2.73. The fraction of sp³-hybridized carbons (Fsp3) is 0.250. The molecule has 0 aliphatic carbocycles. The maximum atomic E-state index is 4.31. The third kappa shape index (κ3) is 2.79. The van der Waals surface area contributed by atoms with E-state index in [1.54, 1.807) is 11.8 Å². The zero-order chi connectivity index (χ0) is 11.4. The van der Waals surface area contributed by atoms with E-state index in [2.05, 4.69) is 28.6 Å². The van der Waals surface area contributed by atoms with Gasteiger partial charge in [-0.2, -0.15) is 0 Å². The smallest absolute Gasteiger partial charge is 0.0958 e. The zero-order valence-electron chi connectivity index (χ0n) is 9.47. The van der Waals surface area contributed by atoms with Crippen molar-refractivity contribution in [2.24, 2.45) is 7.05 Å². The van der Waals surface area contributed by atoms with Crippen LogP contribution in [-0.2, 0) is 13.6 Å². The second kappa shape index (κ2) is 5.07. The van der Waals surface area contributed by atoms with Crippen molar-refractivity contribution in [1.29, 1.82) is 0 Å². The van der Waals surface area contributed by atoms with Gasteiger partial charge in [0.25, 0.3) is 0 Å². The van der Waals surface area contributed by atoms with Crippen LogP contribution < -0.4 is 5.32 Å². The van der Waals surface area contributed by atoms with Gasteiger partial charge in [-0.25, -0.2) is 4.98 Å². The van der Waals surface area contributed by atoms with Gasteiger partial charge >= 0.3 is 0 Å². The van der Waals surface area contributed by atoms with Crippen LogP contribution >= 0.6 is 11.8 Å². The van der Waals surface area contributed by atoms with Crippen molar-refractivity contribution in [1.82, 2.24) is 9.55 Å². The normalized spacial score (nSPS) is 10.4. The van der Waals surface area contributed by atoms with Gasteiger partial charge in [0.2, 0.25) is 0 Å². The number of hydrogen-bond donors (Lipinski definition) is 1. The highest BCUT2D eigenvalue weighted by Gasteiger charge is 1.96. The summed E-state index contributed by atoms with van der Waals surface area (Å²) in [5.41, 5.74) is 2.33. The van der Waals surface area contributed by atoms with Crippen LogP contribution in [0.2, 0.25) is 0 Å². The molecule has 16 heavy (non-hydrogen) atoms. The fourth-order valence-electron chi connectivity index (χ4n) is 1.48. The highest BCUT2D eigenvalue weighted by Crippen LogP contribution is 2.14. The maximum absolute atomic E-state index is 4.31. The Hall–Kier alpha value is -1.42. The van der Waals surface area contributed by atoms with Gasteiger partial charge < -0.3 is 9.88 Å². The maximum Gasteiger partial charge on any atom is 0.0958 e. The predicted octanol–water partition coefficient (Wildman–Crippen LogP) is 2.75. The van der Waals surface area contributed by atoms with Crippen LogP contribution in [0.1, 0.15) is 5.56 Å². The molecule has 0 aliphatic rings. The molecule has 4 heteroatoms. The lowest BCUT2D eigenvalue weighted by molar-refractivity contribution is 0.920. The van der Waals surface area contributed by atoms with Gasteiger partial charge in [-0.05, 0) is 30.0 Å². The Bertz CT molecular complexity index is 448. The van der Waals surface area contributed by atoms with Crippen molar-refractivity contribution in [2.75, 3.05) is 11.6 Å². The number of hydrogen-bond acceptors (Lipinski definition) is 3. The van der Waals surface area contributed by atoms with Gasteiger partial charge in [-0.1, -0.05) is 0 Å². The van der Waals surface area contributed by atoms with Gasteiger partial charge in [0.05, 0.1) is 16.9 Å². The molecule has 0 radical (unpaired) electrons. The number of aryl methyl sites for hydroxylation is 1. The fourth-order valence-corrected chi connectivity index (χ4v) is 1.84. The van der Waals surface area contributed by atoms with Crippen LogP contribution in [0.3, 0.4) is 0 Å². The summed E-state index contributed by atoms with van der Waals surface area (Å²) in [5.74, 6) is 0. The highest BCUT2D eigenvalue weighted by molar-refractivity contribution is 7.98. The number of rotatable bonds is 4. The Morgan fingerprint density at radius 1 is 1.38 bits per heavy atom. The van der Waals surface area contributed by atoms with Crippen LogP contribution in [-0.4, -0.2) is 15.8 Å². The number of aromatic nitrogens is 2. The van der Waals surface area contributed by atoms with Crippen molar-refractivity contribution < 1.29 is 0 Å². The molecule has 0 aromatic carbocycles. The molecule has 0 atom stereocenters. The molecule has 2 aromatic heterocycles. The van der Waals surface area contributed by atoms with Gasteiger partial charge in [0.1, 0.15) is 0 Å². The molecule has 2 aromatic rings. The van der Waals surface area contributed by atoms with E-state index in [0.29, 0.717) is 0 Å². The Morgan fingerprint density at radius 2 is 2.25 bits per heavy atom. The van der Waals surface area contributed by atoms with E-state index in [1.165, 1.54) is 5.56 Å². The molecule has 0 spiro atoms.